The Hall–Kier alpha value is -0.130. The van der Waals surface area contributed by atoms with E-state index in [-0.39, 0.29) is 17.0 Å². The standard InChI is InChI=1S/C10H22N2O2S/c1-9(2)15(13,14)7-6-12-5-3-4-10(11)8-12/h9-10H,3-8,11H2,1-2H3/t10-/m1/s1. The van der Waals surface area contributed by atoms with E-state index >= 15 is 0 Å². The van der Waals surface area contributed by atoms with Gasteiger partial charge in [-0.15, -0.1) is 0 Å². The van der Waals surface area contributed by atoms with Crippen LogP contribution in [0, 0.1) is 0 Å². The molecule has 1 rings (SSSR count). The van der Waals surface area contributed by atoms with E-state index in [0.29, 0.717) is 6.54 Å². The fourth-order valence-electron chi connectivity index (χ4n) is 1.79. The average molecular weight is 234 g/mol. The minimum Gasteiger partial charge on any atom is -0.327 e. The second-order valence-electron chi connectivity index (χ2n) is 4.62. The zero-order valence-electron chi connectivity index (χ0n) is 9.65. The highest BCUT2D eigenvalue weighted by Crippen LogP contribution is 2.09. The van der Waals surface area contributed by atoms with Gasteiger partial charge in [-0.05, 0) is 33.2 Å². The SMILES string of the molecule is CC(C)S(=O)(=O)CCN1CCC[C@@H](N)C1. The average Bonchev–Trinajstić information content (AvgIpc) is 2.15. The van der Waals surface area contributed by atoms with Crippen molar-refractivity contribution in [2.45, 2.75) is 38.0 Å². The first-order valence-electron chi connectivity index (χ1n) is 5.61. The van der Waals surface area contributed by atoms with Crippen molar-refractivity contribution in [3.63, 3.8) is 0 Å². The van der Waals surface area contributed by atoms with Gasteiger partial charge in [-0.3, -0.25) is 0 Å². The van der Waals surface area contributed by atoms with Crippen LogP contribution in [-0.2, 0) is 9.84 Å². The summed E-state index contributed by atoms with van der Waals surface area (Å²) >= 11 is 0. The highest BCUT2D eigenvalue weighted by atomic mass is 32.2. The summed E-state index contributed by atoms with van der Waals surface area (Å²) in [4.78, 5) is 2.16. The van der Waals surface area contributed by atoms with Crippen LogP contribution in [0.1, 0.15) is 26.7 Å². The third-order valence-electron chi connectivity index (χ3n) is 2.95. The lowest BCUT2D eigenvalue weighted by Gasteiger charge is -2.30. The summed E-state index contributed by atoms with van der Waals surface area (Å²) in [5, 5.41) is -0.268. The summed E-state index contributed by atoms with van der Waals surface area (Å²) < 4.78 is 23.2. The molecule has 1 atom stereocenters. The summed E-state index contributed by atoms with van der Waals surface area (Å²) in [6, 6.07) is 0.223. The Labute approximate surface area is 92.7 Å². The summed E-state index contributed by atoms with van der Waals surface area (Å²) in [6.07, 6.45) is 2.15. The van der Waals surface area contributed by atoms with E-state index in [4.69, 9.17) is 5.73 Å². The van der Waals surface area contributed by atoms with E-state index in [2.05, 4.69) is 4.90 Å². The van der Waals surface area contributed by atoms with Gasteiger partial charge in [-0.25, -0.2) is 8.42 Å². The Bertz CT molecular complexity index is 288. The van der Waals surface area contributed by atoms with Crippen LogP contribution in [0.2, 0.25) is 0 Å². The van der Waals surface area contributed by atoms with Gasteiger partial charge in [0.15, 0.2) is 9.84 Å². The molecule has 0 aromatic rings. The second-order valence-corrected chi connectivity index (χ2v) is 7.30. The fraction of sp³-hybridized carbons (Fsp3) is 1.00. The Balaban J connectivity index is 2.37. The van der Waals surface area contributed by atoms with Crippen molar-refractivity contribution in [2.24, 2.45) is 5.73 Å². The number of likely N-dealkylation sites (tertiary alicyclic amines) is 1. The zero-order valence-corrected chi connectivity index (χ0v) is 10.5. The molecule has 0 aliphatic carbocycles. The molecule has 0 aromatic heterocycles. The maximum absolute atomic E-state index is 11.6. The maximum Gasteiger partial charge on any atom is 0.153 e. The molecule has 0 amide bonds. The maximum atomic E-state index is 11.6. The van der Waals surface area contributed by atoms with Crippen LogP contribution in [0.25, 0.3) is 0 Å². The lowest BCUT2D eigenvalue weighted by atomic mass is 10.1. The Morgan fingerprint density at radius 1 is 1.47 bits per heavy atom. The molecule has 90 valence electrons. The monoisotopic (exact) mass is 234 g/mol. The van der Waals surface area contributed by atoms with Gasteiger partial charge in [-0.2, -0.15) is 0 Å². The van der Waals surface area contributed by atoms with Crippen LogP contribution >= 0.6 is 0 Å². The number of hydrogen-bond donors (Lipinski definition) is 1. The minimum atomic E-state index is -2.90. The molecule has 1 saturated heterocycles. The van der Waals surface area contributed by atoms with Crippen molar-refractivity contribution < 1.29 is 8.42 Å². The molecular formula is C10H22N2O2S. The van der Waals surface area contributed by atoms with Gasteiger partial charge in [-0.1, -0.05) is 0 Å². The molecule has 2 N–H and O–H groups in total. The number of nitrogens with two attached hydrogens (primary N) is 1. The lowest BCUT2D eigenvalue weighted by Crippen LogP contribution is -2.44. The predicted molar refractivity (Wildman–Crippen MR) is 62.6 cm³/mol. The smallest absolute Gasteiger partial charge is 0.153 e. The zero-order chi connectivity index (χ0) is 11.5. The van der Waals surface area contributed by atoms with Crippen molar-refractivity contribution in [1.82, 2.24) is 4.90 Å². The number of sulfone groups is 1. The first-order valence-corrected chi connectivity index (χ1v) is 7.33. The summed E-state index contributed by atoms with van der Waals surface area (Å²) in [7, 11) is -2.90. The lowest BCUT2D eigenvalue weighted by molar-refractivity contribution is 0.220. The minimum absolute atomic E-state index is 0.223. The van der Waals surface area contributed by atoms with Crippen molar-refractivity contribution in [1.29, 1.82) is 0 Å². The van der Waals surface area contributed by atoms with Crippen LogP contribution in [0.3, 0.4) is 0 Å². The molecule has 15 heavy (non-hydrogen) atoms. The van der Waals surface area contributed by atoms with Crippen molar-refractivity contribution >= 4 is 9.84 Å². The van der Waals surface area contributed by atoms with Crippen LogP contribution in [-0.4, -0.2) is 50.0 Å². The molecule has 4 nitrogen and oxygen atoms in total. The van der Waals surface area contributed by atoms with E-state index in [1.807, 2.05) is 0 Å². The fourth-order valence-corrected chi connectivity index (χ4v) is 2.77. The quantitative estimate of drug-likeness (QED) is 0.756. The molecule has 0 radical (unpaired) electrons. The normalized spacial score (nSPS) is 24.7. The van der Waals surface area contributed by atoms with Gasteiger partial charge in [0, 0.05) is 19.1 Å². The number of nitrogens with zero attached hydrogens (tertiary/aromatic N) is 1. The third kappa shape index (κ3) is 4.09. The van der Waals surface area contributed by atoms with Crippen LogP contribution in [0.15, 0.2) is 0 Å². The third-order valence-corrected chi connectivity index (χ3v) is 5.14. The van der Waals surface area contributed by atoms with Crippen molar-refractivity contribution in [2.75, 3.05) is 25.4 Å². The second kappa shape index (κ2) is 5.27. The molecule has 0 saturated carbocycles. The number of hydrogen-bond acceptors (Lipinski definition) is 4. The molecule has 0 aromatic carbocycles. The van der Waals surface area contributed by atoms with Gasteiger partial charge in [0.2, 0.25) is 0 Å². The summed E-state index contributed by atoms with van der Waals surface area (Å²) in [5.74, 6) is 0.261. The topological polar surface area (TPSA) is 63.4 Å². The van der Waals surface area contributed by atoms with E-state index in [0.717, 1.165) is 25.9 Å². The van der Waals surface area contributed by atoms with Gasteiger partial charge in [0.25, 0.3) is 0 Å². The molecule has 1 aliphatic heterocycles. The summed E-state index contributed by atoms with van der Waals surface area (Å²) in [6.45, 7) is 5.93. The Morgan fingerprint density at radius 3 is 2.67 bits per heavy atom. The summed E-state index contributed by atoms with van der Waals surface area (Å²) in [5.41, 5.74) is 5.83. The Kier molecular flexibility index (Phi) is 4.55. The van der Waals surface area contributed by atoms with Crippen molar-refractivity contribution in [3.05, 3.63) is 0 Å². The van der Waals surface area contributed by atoms with Crippen LogP contribution in [0.4, 0.5) is 0 Å². The molecular weight excluding hydrogens is 212 g/mol. The molecule has 0 unspecified atom stereocenters. The number of rotatable bonds is 4. The number of piperidine rings is 1. The molecule has 1 fully saturated rings. The first-order chi connectivity index (χ1) is 6.92. The predicted octanol–water partition coefficient (Wildman–Crippen LogP) is 0.233. The van der Waals surface area contributed by atoms with Gasteiger partial charge >= 0.3 is 0 Å². The highest BCUT2D eigenvalue weighted by molar-refractivity contribution is 7.92. The Morgan fingerprint density at radius 2 is 2.13 bits per heavy atom. The van der Waals surface area contributed by atoms with E-state index in [1.54, 1.807) is 13.8 Å². The largest absolute Gasteiger partial charge is 0.327 e. The van der Waals surface area contributed by atoms with Crippen molar-refractivity contribution in [3.8, 4) is 0 Å². The van der Waals surface area contributed by atoms with E-state index in [1.165, 1.54) is 0 Å². The van der Waals surface area contributed by atoms with Gasteiger partial charge in [0.1, 0.15) is 0 Å². The van der Waals surface area contributed by atoms with Gasteiger partial charge < -0.3 is 10.6 Å². The van der Waals surface area contributed by atoms with Gasteiger partial charge in [0.05, 0.1) is 11.0 Å². The highest BCUT2D eigenvalue weighted by Gasteiger charge is 2.20. The molecule has 0 bridgehead atoms. The first kappa shape index (κ1) is 12.9. The van der Waals surface area contributed by atoms with E-state index < -0.39 is 9.84 Å². The molecule has 1 heterocycles. The van der Waals surface area contributed by atoms with E-state index in [9.17, 15) is 8.42 Å². The molecule has 1 aliphatic rings. The molecule has 0 spiro atoms. The van der Waals surface area contributed by atoms with Crippen LogP contribution in [0.5, 0.6) is 0 Å². The van der Waals surface area contributed by atoms with Crippen LogP contribution < -0.4 is 5.73 Å². The molecule has 5 heteroatoms.